The molecule has 150 valence electrons. The molecule has 4 rings (SSSR count). The highest BCUT2D eigenvalue weighted by molar-refractivity contribution is 6.06. The molecule has 2 aromatic heterocycles. The highest BCUT2D eigenvalue weighted by Crippen LogP contribution is 2.25. The Bertz CT molecular complexity index is 1130. The number of hydrogen-bond acceptors (Lipinski definition) is 3. The minimum Gasteiger partial charge on any atom is -0.334 e. The molecule has 0 fully saturated rings. The number of carbonyl (C=O) groups excluding carboxylic acids is 1. The van der Waals surface area contributed by atoms with E-state index >= 15 is 0 Å². The van der Waals surface area contributed by atoms with Gasteiger partial charge < -0.3 is 4.90 Å². The molecule has 4 nitrogen and oxygen atoms in total. The number of pyridine rings is 2. The lowest BCUT2D eigenvalue weighted by Crippen LogP contribution is -2.31. The molecule has 0 N–H and O–H groups in total. The Labute approximate surface area is 177 Å². The van der Waals surface area contributed by atoms with Crippen molar-refractivity contribution in [1.82, 2.24) is 14.9 Å². The minimum absolute atomic E-state index is 0.0184. The van der Waals surface area contributed by atoms with Gasteiger partial charge in [0, 0.05) is 30.2 Å². The van der Waals surface area contributed by atoms with Gasteiger partial charge >= 0.3 is 0 Å². The van der Waals surface area contributed by atoms with Crippen LogP contribution in [0.3, 0.4) is 0 Å². The van der Waals surface area contributed by atoms with E-state index < -0.39 is 0 Å². The van der Waals surface area contributed by atoms with Gasteiger partial charge in [-0.15, -0.1) is 0 Å². The van der Waals surface area contributed by atoms with Gasteiger partial charge in [-0.05, 0) is 30.2 Å². The topological polar surface area (TPSA) is 46.1 Å². The summed E-state index contributed by atoms with van der Waals surface area (Å²) in [7, 11) is 0. The first-order valence-corrected chi connectivity index (χ1v) is 10.4. The van der Waals surface area contributed by atoms with Gasteiger partial charge in [0.25, 0.3) is 5.91 Å². The van der Waals surface area contributed by atoms with Gasteiger partial charge in [-0.3, -0.25) is 4.79 Å². The lowest BCUT2D eigenvalue weighted by atomic mass is 10.0. The fourth-order valence-electron chi connectivity index (χ4n) is 3.57. The summed E-state index contributed by atoms with van der Waals surface area (Å²) in [4.78, 5) is 24.8. The van der Waals surface area contributed by atoms with Crippen molar-refractivity contribution in [2.45, 2.75) is 26.3 Å². The molecule has 0 radical (unpaired) electrons. The Morgan fingerprint density at radius 1 is 0.933 bits per heavy atom. The van der Waals surface area contributed by atoms with E-state index in [2.05, 4.69) is 24.0 Å². The Morgan fingerprint density at radius 3 is 2.40 bits per heavy atom. The standard InChI is InChI=1S/C26H25N3O/c1-2-3-17-29(19-20-11-6-4-7-12-20)26(30)23-18-24(21-13-8-5-9-14-21)28-25-22(23)15-10-16-27-25/h4-16,18H,2-3,17,19H2,1H3. The van der Waals surface area contributed by atoms with Crippen LogP contribution in [0.15, 0.2) is 85.1 Å². The quantitative estimate of drug-likeness (QED) is 0.401. The van der Waals surface area contributed by atoms with Crippen molar-refractivity contribution in [3.05, 3.63) is 96.2 Å². The summed E-state index contributed by atoms with van der Waals surface area (Å²) in [5.74, 6) is 0.0184. The summed E-state index contributed by atoms with van der Waals surface area (Å²) >= 11 is 0. The van der Waals surface area contributed by atoms with E-state index in [-0.39, 0.29) is 5.91 Å². The molecule has 30 heavy (non-hydrogen) atoms. The van der Waals surface area contributed by atoms with Gasteiger partial charge in [0.1, 0.15) is 0 Å². The maximum absolute atomic E-state index is 13.7. The number of aromatic nitrogens is 2. The third kappa shape index (κ3) is 4.38. The first-order valence-electron chi connectivity index (χ1n) is 10.4. The van der Waals surface area contributed by atoms with E-state index in [0.29, 0.717) is 17.8 Å². The summed E-state index contributed by atoms with van der Waals surface area (Å²) in [6, 6.07) is 25.8. The fraction of sp³-hybridized carbons (Fsp3) is 0.192. The normalized spacial score (nSPS) is 10.8. The van der Waals surface area contributed by atoms with E-state index in [4.69, 9.17) is 4.98 Å². The van der Waals surface area contributed by atoms with Crippen LogP contribution in [0.2, 0.25) is 0 Å². The van der Waals surface area contributed by atoms with Crippen molar-refractivity contribution in [1.29, 1.82) is 0 Å². The van der Waals surface area contributed by atoms with Gasteiger partial charge in [0.15, 0.2) is 5.65 Å². The van der Waals surface area contributed by atoms with Crippen LogP contribution < -0.4 is 0 Å². The molecule has 4 heteroatoms. The highest BCUT2D eigenvalue weighted by atomic mass is 16.2. The first kappa shape index (κ1) is 19.8. The molecule has 0 bridgehead atoms. The van der Waals surface area contributed by atoms with Crippen molar-refractivity contribution >= 4 is 16.9 Å². The predicted octanol–water partition coefficient (Wildman–Crippen LogP) is 5.74. The zero-order valence-electron chi connectivity index (χ0n) is 17.2. The van der Waals surface area contributed by atoms with Crippen LogP contribution in [0, 0.1) is 0 Å². The Hall–Kier alpha value is -3.53. The van der Waals surface area contributed by atoms with Crippen LogP contribution in [0.5, 0.6) is 0 Å². The van der Waals surface area contributed by atoms with E-state index in [0.717, 1.165) is 41.6 Å². The van der Waals surface area contributed by atoms with E-state index in [9.17, 15) is 4.79 Å². The average Bonchev–Trinajstić information content (AvgIpc) is 2.82. The number of nitrogens with zero attached hydrogens (tertiary/aromatic N) is 3. The lowest BCUT2D eigenvalue weighted by Gasteiger charge is -2.24. The molecule has 4 aromatic rings. The highest BCUT2D eigenvalue weighted by Gasteiger charge is 2.20. The zero-order chi connectivity index (χ0) is 20.8. The van der Waals surface area contributed by atoms with Crippen LogP contribution >= 0.6 is 0 Å². The Balaban J connectivity index is 1.77. The van der Waals surface area contributed by atoms with Gasteiger partial charge in [0.2, 0.25) is 0 Å². The number of rotatable bonds is 7. The van der Waals surface area contributed by atoms with Crippen molar-refractivity contribution in [3.63, 3.8) is 0 Å². The second kappa shape index (κ2) is 9.31. The molecule has 0 aliphatic carbocycles. The molecule has 0 aliphatic rings. The molecule has 0 aliphatic heterocycles. The number of benzene rings is 2. The number of amides is 1. The van der Waals surface area contributed by atoms with E-state index in [1.165, 1.54) is 0 Å². The monoisotopic (exact) mass is 395 g/mol. The molecule has 0 saturated heterocycles. The van der Waals surface area contributed by atoms with Gasteiger partial charge in [-0.25, -0.2) is 9.97 Å². The van der Waals surface area contributed by atoms with Crippen molar-refractivity contribution in [2.75, 3.05) is 6.54 Å². The molecule has 2 aromatic carbocycles. The van der Waals surface area contributed by atoms with Crippen LogP contribution in [0.1, 0.15) is 35.7 Å². The third-order valence-electron chi connectivity index (χ3n) is 5.17. The Kier molecular flexibility index (Phi) is 6.14. The molecule has 0 spiro atoms. The molecule has 0 saturated carbocycles. The van der Waals surface area contributed by atoms with Crippen LogP contribution in [0.4, 0.5) is 0 Å². The first-order chi connectivity index (χ1) is 14.8. The molecular formula is C26H25N3O. The number of hydrogen-bond donors (Lipinski definition) is 0. The SMILES string of the molecule is CCCCN(Cc1ccccc1)C(=O)c1cc(-c2ccccc2)nc2ncccc12. The minimum atomic E-state index is 0.0184. The summed E-state index contributed by atoms with van der Waals surface area (Å²) < 4.78 is 0. The molecule has 1 amide bonds. The second-order valence-electron chi connectivity index (χ2n) is 7.36. The maximum Gasteiger partial charge on any atom is 0.254 e. The molecule has 2 heterocycles. The van der Waals surface area contributed by atoms with Gasteiger partial charge in [0.05, 0.1) is 11.3 Å². The predicted molar refractivity (Wildman–Crippen MR) is 121 cm³/mol. The molecule has 0 atom stereocenters. The summed E-state index contributed by atoms with van der Waals surface area (Å²) in [6.45, 7) is 3.45. The largest absolute Gasteiger partial charge is 0.334 e. The van der Waals surface area contributed by atoms with Crippen LogP contribution in [0.25, 0.3) is 22.3 Å². The number of carbonyl (C=O) groups is 1. The summed E-state index contributed by atoms with van der Waals surface area (Å²) in [5.41, 5.74) is 4.11. The van der Waals surface area contributed by atoms with Gasteiger partial charge in [-0.2, -0.15) is 0 Å². The van der Waals surface area contributed by atoms with Crippen molar-refractivity contribution in [3.8, 4) is 11.3 Å². The van der Waals surface area contributed by atoms with Crippen LogP contribution in [-0.4, -0.2) is 27.3 Å². The maximum atomic E-state index is 13.7. The molecule has 0 unspecified atom stereocenters. The average molecular weight is 396 g/mol. The third-order valence-corrected chi connectivity index (χ3v) is 5.17. The number of fused-ring (bicyclic) bond motifs is 1. The van der Waals surface area contributed by atoms with Crippen LogP contribution in [-0.2, 0) is 6.54 Å². The van der Waals surface area contributed by atoms with E-state index in [1.807, 2.05) is 71.6 Å². The summed E-state index contributed by atoms with van der Waals surface area (Å²) in [6.07, 6.45) is 3.72. The van der Waals surface area contributed by atoms with E-state index in [1.54, 1.807) is 6.20 Å². The zero-order valence-corrected chi connectivity index (χ0v) is 17.2. The number of unbranched alkanes of at least 4 members (excludes halogenated alkanes) is 1. The second-order valence-corrected chi connectivity index (χ2v) is 7.36. The van der Waals surface area contributed by atoms with Gasteiger partial charge in [-0.1, -0.05) is 74.0 Å². The Morgan fingerprint density at radius 2 is 1.67 bits per heavy atom. The lowest BCUT2D eigenvalue weighted by molar-refractivity contribution is 0.0742. The van der Waals surface area contributed by atoms with Crippen molar-refractivity contribution in [2.24, 2.45) is 0 Å². The summed E-state index contributed by atoms with van der Waals surface area (Å²) in [5, 5.41) is 0.789. The molecular weight excluding hydrogens is 370 g/mol. The smallest absolute Gasteiger partial charge is 0.254 e. The van der Waals surface area contributed by atoms with Crippen molar-refractivity contribution < 1.29 is 4.79 Å². The fourth-order valence-corrected chi connectivity index (χ4v) is 3.57.